The number of carbonyl (C=O) groups excluding carboxylic acids is 1. The Bertz CT molecular complexity index is 323. The van der Waals surface area contributed by atoms with E-state index >= 15 is 0 Å². The molecule has 1 unspecified atom stereocenters. The first kappa shape index (κ1) is 14.7. The Labute approximate surface area is 106 Å². The van der Waals surface area contributed by atoms with Crippen molar-refractivity contribution in [2.75, 3.05) is 27.3 Å². The van der Waals surface area contributed by atoms with Gasteiger partial charge in [-0.3, -0.25) is 0 Å². The third kappa shape index (κ3) is 3.11. The quantitative estimate of drug-likeness (QED) is 0.717. The summed E-state index contributed by atoms with van der Waals surface area (Å²) in [6, 6.07) is -1.51. The van der Waals surface area contributed by atoms with E-state index in [1.54, 1.807) is 7.05 Å². The average Bonchev–Trinajstić information content (AvgIpc) is 2.69. The van der Waals surface area contributed by atoms with Crippen LogP contribution in [-0.4, -0.2) is 77.5 Å². The van der Waals surface area contributed by atoms with Gasteiger partial charge in [-0.05, 0) is 6.92 Å². The molecule has 1 aliphatic heterocycles. The van der Waals surface area contributed by atoms with Gasteiger partial charge in [-0.2, -0.15) is 0 Å². The van der Waals surface area contributed by atoms with Crippen molar-refractivity contribution < 1.29 is 24.5 Å². The Hall–Kier alpha value is -1.34. The van der Waals surface area contributed by atoms with E-state index in [0.717, 1.165) is 0 Å². The molecule has 0 aromatic carbocycles. The van der Waals surface area contributed by atoms with Gasteiger partial charge >= 0.3 is 12.0 Å². The van der Waals surface area contributed by atoms with E-state index in [2.05, 4.69) is 0 Å². The molecule has 0 aromatic heterocycles. The molecule has 1 fully saturated rings. The lowest BCUT2D eigenvalue weighted by Gasteiger charge is -2.31. The summed E-state index contributed by atoms with van der Waals surface area (Å²) >= 11 is 0. The van der Waals surface area contributed by atoms with Crippen LogP contribution in [0.4, 0.5) is 4.79 Å². The lowest BCUT2D eigenvalue weighted by molar-refractivity contribution is -0.141. The Kier molecular flexibility index (Phi) is 4.92. The minimum atomic E-state index is -1.09. The molecule has 18 heavy (non-hydrogen) atoms. The molecule has 1 heterocycles. The van der Waals surface area contributed by atoms with Gasteiger partial charge < -0.3 is 24.7 Å². The fourth-order valence-corrected chi connectivity index (χ4v) is 2.00. The van der Waals surface area contributed by atoms with Gasteiger partial charge in [-0.15, -0.1) is 0 Å². The number of carboxylic acid groups (broad SMARTS) is 1. The second kappa shape index (κ2) is 6.01. The number of carboxylic acids is 1. The minimum absolute atomic E-state index is 0.0554. The summed E-state index contributed by atoms with van der Waals surface area (Å²) in [4.78, 5) is 25.8. The van der Waals surface area contributed by atoms with Crippen molar-refractivity contribution in [3.8, 4) is 0 Å². The van der Waals surface area contributed by atoms with Gasteiger partial charge in [0, 0.05) is 27.1 Å². The van der Waals surface area contributed by atoms with Crippen LogP contribution in [0.25, 0.3) is 0 Å². The van der Waals surface area contributed by atoms with Gasteiger partial charge in [0.1, 0.15) is 6.04 Å². The molecule has 0 saturated carbocycles. The molecular formula is C11H20N2O5. The highest BCUT2D eigenvalue weighted by Gasteiger charge is 2.40. The monoisotopic (exact) mass is 260 g/mol. The molecule has 104 valence electrons. The van der Waals surface area contributed by atoms with Crippen molar-refractivity contribution in [1.29, 1.82) is 0 Å². The second-order valence-corrected chi connectivity index (χ2v) is 4.59. The molecule has 7 nitrogen and oxygen atoms in total. The second-order valence-electron chi connectivity index (χ2n) is 4.59. The SMILES string of the molecule is COCC(C)N(C)C(=O)N1C[C@H](O)C[C@H]1C(=O)O. The maximum atomic E-state index is 12.1. The molecule has 3 atom stereocenters. The van der Waals surface area contributed by atoms with Crippen LogP contribution < -0.4 is 0 Å². The van der Waals surface area contributed by atoms with Gasteiger partial charge in [0.25, 0.3) is 0 Å². The van der Waals surface area contributed by atoms with Crippen molar-refractivity contribution in [1.82, 2.24) is 9.80 Å². The van der Waals surface area contributed by atoms with Crippen LogP contribution in [-0.2, 0) is 9.53 Å². The fraction of sp³-hybridized carbons (Fsp3) is 0.818. The Balaban J connectivity index is 2.73. The standard InChI is InChI=1S/C11H20N2O5/c1-7(6-18-3)12(2)11(17)13-5-8(14)4-9(13)10(15)16/h7-9,14H,4-6H2,1-3H3,(H,15,16)/t7?,8-,9+/m1/s1. The molecule has 0 bridgehead atoms. The summed E-state index contributed by atoms with van der Waals surface area (Å²) in [7, 11) is 3.13. The van der Waals surface area contributed by atoms with Crippen molar-refractivity contribution in [3.05, 3.63) is 0 Å². The highest BCUT2D eigenvalue weighted by molar-refractivity contribution is 5.83. The van der Waals surface area contributed by atoms with Gasteiger partial charge in [0.2, 0.25) is 0 Å². The number of aliphatic hydroxyl groups is 1. The van der Waals surface area contributed by atoms with E-state index in [0.29, 0.717) is 6.61 Å². The van der Waals surface area contributed by atoms with Crippen molar-refractivity contribution in [2.24, 2.45) is 0 Å². The van der Waals surface area contributed by atoms with Crippen LogP contribution in [0, 0.1) is 0 Å². The maximum Gasteiger partial charge on any atom is 0.326 e. The summed E-state index contributed by atoms with van der Waals surface area (Å²) < 4.78 is 4.95. The molecular weight excluding hydrogens is 240 g/mol. The van der Waals surface area contributed by atoms with E-state index in [1.807, 2.05) is 6.92 Å². The Morgan fingerprint density at radius 3 is 2.67 bits per heavy atom. The zero-order valence-corrected chi connectivity index (χ0v) is 10.9. The number of likely N-dealkylation sites (N-methyl/N-ethyl adjacent to an activating group) is 1. The molecule has 1 rings (SSSR count). The van der Waals surface area contributed by atoms with Crippen LogP contribution in [0.3, 0.4) is 0 Å². The number of aliphatic hydroxyl groups excluding tert-OH is 1. The average molecular weight is 260 g/mol. The number of ether oxygens (including phenoxy) is 1. The Morgan fingerprint density at radius 2 is 2.17 bits per heavy atom. The van der Waals surface area contributed by atoms with Crippen LogP contribution in [0.15, 0.2) is 0 Å². The molecule has 0 radical (unpaired) electrons. The van der Waals surface area contributed by atoms with Crippen LogP contribution >= 0.6 is 0 Å². The van der Waals surface area contributed by atoms with Gasteiger partial charge in [-0.1, -0.05) is 0 Å². The number of hydrogen-bond acceptors (Lipinski definition) is 4. The highest BCUT2D eigenvalue weighted by atomic mass is 16.5. The van der Waals surface area contributed by atoms with Crippen molar-refractivity contribution in [2.45, 2.75) is 31.5 Å². The van der Waals surface area contributed by atoms with Crippen molar-refractivity contribution in [3.63, 3.8) is 0 Å². The Morgan fingerprint density at radius 1 is 1.56 bits per heavy atom. The molecule has 0 aromatic rings. The van der Waals surface area contributed by atoms with E-state index in [9.17, 15) is 14.7 Å². The summed E-state index contributed by atoms with van der Waals surface area (Å²) in [6.07, 6.45) is -0.700. The number of urea groups is 1. The third-order valence-electron chi connectivity index (χ3n) is 3.18. The number of rotatable bonds is 4. The summed E-state index contributed by atoms with van der Waals surface area (Å²) in [5.74, 6) is -1.09. The number of likely N-dealkylation sites (tertiary alicyclic amines) is 1. The number of methoxy groups -OCH3 is 1. The fourth-order valence-electron chi connectivity index (χ4n) is 2.00. The number of amides is 2. The predicted molar refractivity (Wildman–Crippen MR) is 63.3 cm³/mol. The number of carbonyl (C=O) groups is 2. The molecule has 2 amide bonds. The first-order valence-electron chi connectivity index (χ1n) is 5.81. The van der Waals surface area contributed by atoms with E-state index in [4.69, 9.17) is 9.84 Å². The lowest BCUT2D eigenvalue weighted by atomic mass is 10.2. The zero-order chi connectivity index (χ0) is 13.9. The maximum absolute atomic E-state index is 12.1. The minimum Gasteiger partial charge on any atom is -0.480 e. The van der Waals surface area contributed by atoms with E-state index in [1.165, 1.54) is 16.9 Å². The molecule has 2 N–H and O–H groups in total. The van der Waals surface area contributed by atoms with Crippen LogP contribution in [0.1, 0.15) is 13.3 Å². The third-order valence-corrected chi connectivity index (χ3v) is 3.18. The smallest absolute Gasteiger partial charge is 0.326 e. The van der Waals surface area contributed by atoms with Gasteiger partial charge in [0.05, 0.1) is 18.8 Å². The number of aliphatic carboxylic acids is 1. The molecule has 1 saturated heterocycles. The first-order chi connectivity index (χ1) is 8.38. The first-order valence-corrected chi connectivity index (χ1v) is 5.81. The molecule has 7 heteroatoms. The highest BCUT2D eigenvalue weighted by Crippen LogP contribution is 2.20. The van der Waals surface area contributed by atoms with E-state index in [-0.39, 0.29) is 19.0 Å². The topological polar surface area (TPSA) is 90.3 Å². The normalized spacial score (nSPS) is 25.0. The lowest BCUT2D eigenvalue weighted by Crippen LogP contribution is -2.50. The van der Waals surface area contributed by atoms with Gasteiger partial charge in [0.15, 0.2) is 0 Å². The van der Waals surface area contributed by atoms with Gasteiger partial charge in [-0.25, -0.2) is 9.59 Å². The van der Waals surface area contributed by atoms with Crippen LogP contribution in [0.5, 0.6) is 0 Å². The molecule has 1 aliphatic rings. The summed E-state index contributed by atoms with van der Waals surface area (Å²) in [5, 5.41) is 18.5. The predicted octanol–water partition coefficient (Wildman–Crippen LogP) is -0.407. The number of nitrogens with zero attached hydrogens (tertiary/aromatic N) is 2. The number of hydrogen-bond donors (Lipinski definition) is 2. The summed E-state index contributed by atoms with van der Waals surface area (Å²) in [5.41, 5.74) is 0. The zero-order valence-electron chi connectivity index (χ0n) is 10.9. The summed E-state index contributed by atoms with van der Waals surface area (Å²) in [6.45, 7) is 2.24. The largest absolute Gasteiger partial charge is 0.480 e. The number of β-amino-alcohol motifs (C(OH)–C–C–N with tert-alkyl or cyclic N) is 1. The van der Waals surface area contributed by atoms with Crippen LogP contribution in [0.2, 0.25) is 0 Å². The van der Waals surface area contributed by atoms with Crippen molar-refractivity contribution >= 4 is 12.0 Å². The molecule has 0 aliphatic carbocycles. The van der Waals surface area contributed by atoms with E-state index < -0.39 is 24.1 Å². The molecule has 0 spiro atoms.